The summed E-state index contributed by atoms with van der Waals surface area (Å²) in [7, 11) is 0. The van der Waals surface area contributed by atoms with Gasteiger partial charge in [0.25, 0.3) is 0 Å². The number of halogens is 2. The fourth-order valence-corrected chi connectivity index (χ4v) is 2.24. The highest BCUT2D eigenvalue weighted by Gasteiger charge is 2.20. The van der Waals surface area contributed by atoms with Crippen LogP contribution < -0.4 is 5.32 Å². The van der Waals surface area contributed by atoms with Crippen LogP contribution in [0.5, 0.6) is 0 Å². The minimum absolute atomic E-state index is 0.105. The quantitative estimate of drug-likeness (QED) is 0.805. The van der Waals surface area contributed by atoms with Gasteiger partial charge in [0.15, 0.2) is 0 Å². The number of rotatable bonds is 6. The third kappa shape index (κ3) is 4.07. The molecule has 1 aromatic rings. The molecule has 0 fully saturated rings. The van der Waals surface area contributed by atoms with Crippen LogP contribution in [0.2, 0.25) is 0 Å². The molecule has 96 valence electrons. The molecule has 1 nitrogen and oxygen atoms in total. The van der Waals surface area contributed by atoms with Gasteiger partial charge in [-0.1, -0.05) is 49.2 Å². The van der Waals surface area contributed by atoms with Crippen molar-refractivity contribution in [3.05, 3.63) is 34.1 Å². The highest BCUT2D eigenvalue weighted by Crippen LogP contribution is 2.28. The Hall–Kier alpha value is -0.410. The normalized spacial score (nSPS) is 14.6. The summed E-state index contributed by atoms with van der Waals surface area (Å²) in [5.41, 5.74) is 0.774. The van der Waals surface area contributed by atoms with E-state index < -0.39 is 0 Å². The van der Waals surface area contributed by atoms with Gasteiger partial charge in [-0.15, -0.1) is 0 Å². The van der Waals surface area contributed by atoms with Crippen LogP contribution >= 0.6 is 15.9 Å². The van der Waals surface area contributed by atoms with E-state index in [0.717, 1.165) is 29.4 Å². The predicted molar refractivity (Wildman–Crippen MR) is 74.6 cm³/mol. The molecule has 0 radical (unpaired) electrons. The number of nitrogens with one attached hydrogen (secondary N) is 1. The van der Waals surface area contributed by atoms with E-state index in [2.05, 4.69) is 42.0 Å². The predicted octanol–water partition coefficient (Wildman–Crippen LogP) is 4.68. The Bertz CT molecular complexity index is 354. The molecule has 0 amide bonds. The molecule has 0 aliphatic carbocycles. The van der Waals surface area contributed by atoms with Crippen LogP contribution in [-0.4, -0.2) is 6.54 Å². The number of hydrogen-bond donors (Lipinski definition) is 1. The molecule has 0 bridgehead atoms. The van der Waals surface area contributed by atoms with Gasteiger partial charge in [-0.3, -0.25) is 0 Å². The summed E-state index contributed by atoms with van der Waals surface area (Å²) >= 11 is 3.29. The Kier molecular flexibility index (Phi) is 6.14. The second kappa shape index (κ2) is 7.12. The Morgan fingerprint density at radius 3 is 2.59 bits per heavy atom. The van der Waals surface area contributed by atoms with Crippen molar-refractivity contribution in [3.63, 3.8) is 0 Å². The second-order valence-corrected chi connectivity index (χ2v) is 5.40. The van der Waals surface area contributed by atoms with Crippen molar-refractivity contribution >= 4 is 15.9 Å². The lowest BCUT2D eigenvalue weighted by Gasteiger charge is -2.25. The lowest BCUT2D eigenvalue weighted by molar-refractivity contribution is 0.366. The zero-order valence-corrected chi connectivity index (χ0v) is 12.3. The summed E-state index contributed by atoms with van der Waals surface area (Å²) in [4.78, 5) is 0. The van der Waals surface area contributed by atoms with Gasteiger partial charge in [-0.2, -0.15) is 0 Å². The summed E-state index contributed by atoms with van der Waals surface area (Å²) in [6.45, 7) is 7.35. The third-order valence-corrected chi connectivity index (χ3v) is 3.62. The first-order valence-electron chi connectivity index (χ1n) is 6.28. The van der Waals surface area contributed by atoms with E-state index in [4.69, 9.17) is 0 Å². The van der Waals surface area contributed by atoms with Gasteiger partial charge < -0.3 is 5.32 Å². The maximum absolute atomic E-state index is 14.0. The molecule has 0 saturated heterocycles. The van der Waals surface area contributed by atoms with E-state index in [1.54, 1.807) is 6.07 Å². The molecular formula is C14H21BrFN. The second-order valence-electron chi connectivity index (χ2n) is 4.48. The summed E-state index contributed by atoms with van der Waals surface area (Å²) in [5.74, 6) is 0.297. The minimum Gasteiger partial charge on any atom is -0.310 e. The summed E-state index contributed by atoms with van der Waals surface area (Å²) < 4.78 is 14.7. The van der Waals surface area contributed by atoms with Crippen LogP contribution in [0.1, 0.15) is 45.2 Å². The average Bonchev–Trinajstić information content (AvgIpc) is 2.31. The van der Waals surface area contributed by atoms with Crippen LogP contribution in [0, 0.1) is 11.7 Å². The minimum atomic E-state index is -0.131. The van der Waals surface area contributed by atoms with E-state index in [1.807, 2.05) is 12.1 Å². The van der Waals surface area contributed by atoms with E-state index in [-0.39, 0.29) is 11.9 Å². The summed E-state index contributed by atoms with van der Waals surface area (Å²) in [6, 6.07) is 5.42. The SMILES string of the molecule is CCCNC(c1ccc(Br)cc1F)C(C)CC. The first-order chi connectivity index (χ1) is 8.10. The monoisotopic (exact) mass is 301 g/mol. The molecule has 1 aromatic carbocycles. The van der Waals surface area contributed by atoms with Crippen LogP contribution in [-0.2, 0) is 0 Å². The molecule has 3 heteroatoms. The summed E-state index contributed by atoms with van der Waals surface area (Å²) in [6.07, 6.45) is 2.10. The zero-order valence-electron chi connectivity index (χ0n) is 10.8. The number of hydrogen-bond acceptors (Lipinski definition) is 1. The van der Waals surface area contributed by atoms with Gasteiger partial charge in [0.05, 0.1) is 0 Å². The van der Waals surface area contributed by atoms with Crippen molar-refractivity contribution in [1.82, 2.24) is 5.32 Å². The highest BCUT2D eigenvalue weighted by atomic mass is 79.9. The maximum Gasteiger partial charge on any atom is 0.129 e. The van der Waals surface area contributed by atoms with Gasteiger partial charge in [0, 0.05) is 16.1 Å². The largest absolute Gasteiger partial charge is 0.310 e. The molecule has 0 heterocycles. The number of benzene rings is 1. The van der Waals surface area contributed by atoms with Crippen molar-refractivity contribution in [2.24, 2.45) is 5.92 Å². The Balaban J connectivity index is 2.95. The Labute approximate surface area is 112 Å². The molecule has 1 rings (SSSR count). The van der Waals surface area contributed by atoms with Gasteiger partial charge in [0.1, 0.15) is 5.82 Å². The van der Waals surface area contributed by atoms with Crippen molar-refractivity contribution in [2.75, 3.05) is 6.54 Å². The smallest absolute Gasteiger partial charge is 0.129 e. The summed E-state index contributed by atoms with van der Waals surface area (Å²) in [5, 5.41) is 3.44. The average molecular weight is 302 g/mol. The van der Waals surface area contributed by atoms with E-state index in [9.17, 15) is 4.39 Å². The lowest BCUT2D eigenvalue weighted by atomic mass is 9.92. The van der Waals surface area contributed by atoms with E-state index in [0.29, 0.717) is 5.92 Å². The zero-order chi connectivity index (χ0) is 12.8. The molecule has 0 aliphatic heterocycles. The molecule has 0 spiro atoms. The molecule has 17 heavy (non-hydrogen) atoms. The Morgan fingerprint density at radius 1 is 1.35 bits per heavy atom. The van der Waals surface area contributed by atoms with Crippen molar-refractivity contribution < 1.29 is 4.39 Å². The molecule has 1 N–H and O–H groups in total. The molecule has 2 atom stereocenters. The molecule has 2 unspecified atom stereocenters. The van der Waals surface area contributed by atoms with Crippen molar-refractivity contribution in [2.45, 2.75) is 39.7 Å². The van der Waals surface area contributed by atoms with Crippen LogP contribution in [0.3, 0.4) is 0 Å². The molecular weight excluding hydrogens is 281 g/mol. The van der Waals surface area contributed by atoms with Gasteiger partial charge in [0.2, 0.25) is 0 Å². The van der Waals surface area contributed by atoms with Crippen molar-refractivity contribution in [1.29, 1.82) is 0 Å². The fraction of sp³-hybridized carbons (Fsp3) is 0.571. The lowest BCUT2D eigenvalue weighted by Crippen LogP contribution is -2.28. The van der Waals surface area contributed by atoms with Crippen molar-refractivity contribution in [3.8, 4) is 0 Å². The van der Waals surface area contributed by atoms with E-state index >= 15 is 0 Å². The first kappa shape index (κ1) is 14.7. The fourth-order valence-electron chi connectivity index (χ4n) is 1.91. The third-order valence-electron chi connectivity index (χ3n) is 3.12. The van der Waals surface area contributed by atoms with Crippen LogP contribution in [0.15, 0.2) is 22.7 Å². The molecule has 0 aliphatic rings. The maximum atomic E-state index is 14.0. The van der Waals surface area contributed by atoms with Gasteiger partial charge in [-0.25, -0.2) is 4.39 Å². The highest BCUT2D eigenvalue weighted by molar-refractivity contribution is 9.10. The van der Waals surface area contributed by atoms with Crippen LogP contribution in [0.25, 0.3) is 0 Å². The molecule has 0 saturated carbocycles. The first-order valence-corrected chi connectivity index (χ1v) is 7.07. The Morgan fingerprint density at radius 2 is 2.06 bits per heavy atom. The standard InChI is InChI=1S/C14H21BrFN/c1-4-8-17-14(10(3)5-2)12-7-6-11(15)9-13(12)16/h6-7,9-10,14,17H,4-5,8H2,1-3H3. The van der Waals surface area contributed by atoms with Gasteiger partial charge in [-0.05, 0) is 31.0 Å². The van der Waals surface area contributed by atoms with Gasteiger partial charge >= 0.3 is 0 Å². The van der Waals surface area contributed by atoms with Crippen LogP contribution in [0.4, 0.5) is 4.39 Å². The molecule has 0 aromatic heterocycles. The topological polar surface area (TPSA) is 12.0 Å². The van der Waals surface area contributed by atoms with E-state index in [1.165, 1.54) is 0 Å².